The maximum absolute atomic E-state index is 13.6. The van der Waals surface area contributed by atoms with Gasteiger partial charge in [-0.2, -0.15) is 0 Å². The lowest BCUT2D eigenvalue weighted by Crippen LogP contribution is -2.48. The minimum atomic E-state index is -1.04. The highest BCUT2D eigenvalue weighted by atomic mass is 16.2. The first-order valence-corrected chi connectivity index (χ1v) is 10.7. The molecule has 4 rings (SSSR count). The van der Waals surface area contributed by atoms with Crippen LogP contribution >= 0.6 is 0 Å². The predicted octanol–water partition coefficient (Wildman–Crippen LogP) is 3.34. The number of carbonyl (C=O) groups is 3. The molecule has 0 N–H and O–H groups in total. The SMILES string of the molecule is CC[C@H]1CCCCN1C(=O)C[C@@]1(c2ccccc2C)CC(=O)N(C2CC2)C1=O. The maximum Gasteiger partial charge on any atom is 0.241 e. The molecule has 150 valence electrons. The van der Waals surface area contributed by atoms with E-state index in [1.165, 1.54) is 4.90 Å². The van der Waals surface area contributed by atoms with Crippen LogP contribution in [0.4, 0.5) is 0 Å². The van der Waals surface area contributed by atoms with Crippen LogP contribution in [0.3, 0.4) is 0 Å². The van der Waals surface area contributed by atoms with E-state index in [4.69, 9.17) is 0 Å². The van der Waals surface area contributed by atoms with Gasteiger partial charge >= 0.3 is 0 Å². The lowest BCUT2D eigenvalue weighted by atomic mass is 9.73. The van der Waals surface area contributed by atoms with Crippen molar-refractivity contribution in [3.05, 3.63) is 35.4 Å². The number of nitrogens with zero attached hydrogens (tertiary/aromatic N) is 2. The molecule has 1 saturated carbocycles. The molecule has 0 aromatic heterocycles. The van der Waals surface area contributed by atoms with Crippen molar-refractivity contribution in [2.75, 3.05) is 6.54 Å². The third kappa shape index (κ3) is 3.15. The van der Waals surface area contributed by atoms with Gasteiger partial charge in [-0.05, 0) is 56.6 Å². The average Bonchev–Trinajstić information content (AvgIpc) is 3.49. The third-order valence-corrected chi connectivity index (χ3v) is 6.79. The first-order valence-electron chi connectivity index (χ1n) is 10.7. The smallest absolute Gasteiger partial charge is 0.241 e. The highest BCUT2D eigenvalue weighted by Crippen LogP contribution is 2.45. The van der Waals surface area contributed by atoms with Crippen LogP contribution in [0.1, 0.15) is 69.4 Å². The normalized spacial score (nSPS) is 28.1. The highest BCUT2D eigenvalue weighted by Gasteiger charge is 2.57. The zero-order valence-corrected chi connectivity index (χ0v) is 16.9. The largest absolute Gasteiger partial charge is 0.340 e. The van der Waals surface area contributed by atoms with Gasteiger partial charge in [0.15, 0.2) is 0 Å². The fraction of sp³-hybridized carbons (Fsp3) is 0.609. The second-order valence-corrected chi connectivity index (χ2v) is 8.70. The Bertz CT molecular complexity index is 801. The molecule has 28 heavy (non-hydrogen) atoms. The van der Waals surface area contributed by atoms with E-state index >= 15 is 0 Å². The number of benzene rings is 1. The summed E-state index contributed by atoms with van der Waals surface area (Å²) in [6.07, 6.45) is 6.12. The summed E-state index contributed by atoms with van der Waals surface area (Å²) >= 11 is 0. The van der Waals surface area contributed by atoms with Crippen LogP contribution in [0.15, 0.2) is 24.3 Å². The Labute approximate surface area is 167 Å². The van der Waals surface area contributed by atoms with Crippen LogP contribution in [-0.2, 0) is 19.8 Å². The summed E-state index contributed by atoms with van der Waals surface area (Å²) in [7, 11) is 0. The molecule has 5 heteroatoms. The fourth-order valence-corrected chi connectivity index (χ4v) is 5.13. The first kappa shape index (κ1) is 19.2. The van der Waals surface area contributed by atoms with Gasteiger partial charge in [-0.15, -0.1) is 0 Å². The Morgan fingerprint density at radius 3 is 2.57 bits per heavy atom. The topological polar surface area (TPSA) is 57.7 Å². The number of hydrogen-bond acceptors (Lipinski definition) is 3. The van der Waals surface area contributed by atoms with Crippen molar-refractivity contribution in [3.63, 3.8) is 0 Å². The van der Waals surface area contributed by atoms with Crippen molar-refractivity contribution in [1.29, 1.82) is 0 Å². The lowest BCUT2D eigenvalue weighted by molar-refractivity contribution is -0.144. The minimum absolute atomic E-state index is 0.0219. The molecule has 0 bridgehead atoms. The van der Waals surface area contributed by atoms with Gasteiger partial charge in [0, 0.05) is 31.5 Å². The van der Waals surface area contributed by atoms with E-state index in [1.807, 2.05) is 36.1 Å². The molecule has 2 heterocycles. The summed E-state index contributed by atoms with van der Waals surface area (Å²) in [5.41, 5.74) is 0.771. The van der Waals surface area contributed by atoms with Crippen molar-refractivity contribution in [2.45, 2.75) is 82.7 Å². The maximum atomic E-state index is 13.6. The first-order chi connectivity index (χ1) is 13.5. The van der Waals surface area contributed by atoms with Crippen molar-refractivity contribution in [2.24, 2.45) is 0 Å². The Hall–Kier alpha value is -2.17. The molecular weight excluding hydrogens is 352 g/mol. The van der Waals surface area contributed by atoms with Crippen LogP contribution in [0.25, 0.3) is 0 Å². The van der Waals surface area contributed by atoms with E-state index in [-0.39, 0.29) is 42.6 Å². The molecule has 1 aliphatic carbocycles. The molecule has 3 fully saturated rings. The summed E-state index contributed by atoms with van der Waals surface area (Å²) in [6.45, 7) is 4.84. The summed E-state index contributed by atoms with van der Waals surface area (Å²) in [5.74, 6) is -0.254. The summed E-state index contributed by atoms with van der Waals surface area (Å²) in [6, 6.07) is 8.03. The van der Waals surface area contributed by atoms with Gasteiger partial charge in [0.1, 0.15) is 0 Å². The summed E-state index contributed by atoms with van der Waals surface area (Å²) in [4.78, 5) is 43.2. The summed E-state index contributed by atoms with van der Waals surface area (Å²) in [5, 5.41) is 0. The second-order valence-electron chi connectivity index (χ2n) is 8.70. The number of rotatable bonds is 5. The van der Waals surface area contributed by atoms with E-state index in [0.29, 0.717) is 0 Å². The molecule has 1 aromatic rings. The van der Waals surface area contributed by atoms with E-state index < -0.39 is 5.41 Å². The van der Waals surface area contributed by atoms with Crippen LogP contribution in [0, 0.1) is 6.92 Å². The van der Waals surface area contributed by atoms with E-state index in [9.17, 15) is 14.4 Å². The summed E-state index contributed by atoms with van der Waals surface area (Å²) < 4.78 is 0. The van der Waals surface area contributed by atoms with Crippen molar-refractivity contribution in [1.82, 2.24) is 9.80 Å². The molecule has 5 nitrogen and oxygen atoms in total. The van der Waals surface area contributed by atoms with Gasteiger partial charge in [0.05, 0.1) is 5.41 Å². The Balaban J connectivity index is 1.70. The van der Waals surface area contributed by atoms with Crippen LogP contribution in [-0.4, -0.2) is 46.1 Å². The Morgan fingerprint density at radius 1 is 1.14 bits per heavy atom. The van der Waals surface area contributed by atoms with Crippen molar-refractivity contribution >= 4 is 17.7 Å². The molecule has 0 spiro atoms. The standard InChI is InChI=1S/C23H30N2O3/c1-3-17-9-6-7-13-24(17)20(26)14-23(19-10-5-4-8-16(19)2)15-21(27)25(22(23)28)18-11-12-18/h4-5,8,10,17-18H,3,6-7,9,11-15H2,1-2H3/t17-,23-/m0/s1. The van der Waals surface area contributed by atoms with Gasteiger partial charge in [-0.25, -0.2) is 0 Å². The van der Waals surface area contributed by atoms with Gasteiger partial charge in [-0.3, -0.25) is 19.3 Å². The van der Waals surface area contributed by atoms with Gasteiger partial charge < -0.3 is 4.90 Å². The molecule has 0 radical (unpaired) electrons. The molecule has 3 amide bonds. The fourth-order valence-electron chi connectivity index (χ4n) is 5.13. The number of hydrogen-bond donors (Lipinski definition) is 0. The molecular formula is C23H30N2O3. The quantitative estimate of drug-likeness (QED) is 0.734. The molecule has 2 saturated heterocycles. The third-order valence-electron chi connectivity index (χ3n) is 6.79. The zero-order valence-electron chi connectivity index (χ0n) is 16.9. The Morgan fingerprint density at radius 2 is 1.89 bits per heavy atom. The highest BCUT2D eigenvalue weighted by molar-refractivity contribution is 6.11. The van der Waals surface area contributed by atoms with Crippen LogP contribution < -0.4 is 0 Å². The number of amides is 3. The van der Waals surface area contributed by atoms with Crippen LogP contribution in [0.5, 0.6) is 0 Å². The van der Waals surface area contributed by atoms with E-state index in [1.54, 1.807) is 0 Å². The van der Waals surface area contributed by atoms with Gasteiger partial charge in [-0.1, -0.05) is 31.2 Å². The molecule has 2 aliphatic heterocycles. The van der Waals surface area contributed by atoms with Crippen molar-refractivity contribution < 1.29 is 14.4 Å². The lowest BCUT2D eigenvalue weighted by Gasteiger charge is -2.38. The van der Waals surface area contributed by atoms with E-state index in [2.05, 4.69) is 6.92 Å². The molecule has 3 aliphatic rings. The number of piperidine rings is 1. The molecule has 1 aromatic carbocycles. The minimum Gasteiger partial charge on any atom is -0.340 e. The van der Waals surface area contributed by atoms with Crippen molar-refractivity contribution in [3.8, 4) is 0 Å². The monoisotopic (exact) mass is 382 g/mol. The molecule has 2 atom stereocenters. The number of carbonyl (C=O) groups excluding carboxylic acids is 3. The molecule has 0 unspecified atom stereocenters. The second kappa shape index (κ2) is 7.34. The predicted molar refractivity (Wildman–Crippen MR) is 107 cm³/mol. The number of aryl methyl sites for hydroxylation is 1. The zero-order chi connectivity index (χ0) is 19.9. The Kier molecular flexibility index (Phi) is 5.02. The van der Waals surface area contributed by atoms with Gasteiger partial charge in [0.25, 0.3) is 0 Å². The number of likely N-dealkylation sites (tertiary alicyclic amines) is 2. The average molecular weight is 383 g/mol. The van der Waals surface area contributed by atoms with Gasteiger partial charge in [0.2, 0.25) is 17.7 Å². The number of imide groups is 1. The van der Waals surface area contributed by atoms with E-state index in [0.717, 1.165) is 56.2 Å². The van der Waals surface area contributed by atoms with Crippen LogP contribution in [0.2, 0.25) is 0 Å².